The van der Waals surface area contributed by atoms with E-state index in [0.29, 0.717) is 13.2 Å². The number of nitrogens with zero attached hydrogens (tertiary/aromatic N) is 2. The average molecular weight is 335 g/mol. The van der Waals surface area contributed by atoms with E-state index in [1.807, 2.05) is 20.8 Å². The Bertz CT molecular complexity index is 682. The summed E-state index contributed by atoms with van der Waals surface area (Å²) in [5.41, 5.74) is 1.91. The smallest absolute Gasteiger partial charge is 0.261 e. The maximum Gasteiger partial charge on any atom is 0.261 e. The van der Waals surface area contributed by atoms with E-state index in [4.69, 9.17) is 4.74 Å². The summed E-state index contributed by atoms with van der Waals surface area (Å²) in [5.74, 6) is 0.712. The first-order chi connectivity index (χ1) is 11.0. The Balaban J connectivity index is 1.94. The number of nitrogens with one attached hydrogen (secondary N) is 1. The number of rotatable bonds is 8. The van der Waals surface area contributed by atoms with Gasteiger partial charge in [-0.25, -0.2) is 9.97 Å². The molecule has 1 amide bonds. The van der Waals surface area contributed by atoms with Gasteiger partial charge in [0.15, 0.2) is 0 Å². The zero-order valence-corrected chi connectivity index (χ0v) is 15.2. The lowest BCUT2D eigenvalue weighted by Gasteiger charge is -2.05. The van der Waals surface area contributed by atoms with E-state index in [1.165, 1.54) is 11.3 Å². The number of carbonyl (C=O) groups excluding carboxylic acids is 1. The molecule has 0 atom stereocenters. The summed E-state index contributed by atoms with van der Waals surface area (Å²) in [4.78, 5) is 22.8. The summed E-state index contributed by atoms with van der Waals surface area (Å²) in [5, 5.41) is 3.98. The highest BCUT2D eigenvalue weighted by Gasteiger charge is 2.18. The van der Waals surface area contributed by atoms with Crippen LogP contribution in [0.15, 0.2) is 0 Å². The van der Waals surface area contributed by atoms with Crippen molar-refractivity contribution in [2.24, 2.45) is 0 Å². The van der Waals surface area contributed by atoms with Gasteiger partial charge in [-0.3, -0.25) is 4.79 Å². The molecule has 126 valence electrons. The van der Waals surface area contributed by atoms with E-state index >= 15 is 0 Å². The van der Waals surface area contributed by atoms with Crippen LogP contribution in [-0.2, 0) is 4.74 Å². The highest BCUT2D eigenvalue weighted by Crippen LogP contribution is 2.31. The van der Waals surface area contributed by atoms with Crippen LogP contribution < -0.4 is 5.32 Å². The van der Waals surface area contributed by atoms with Gasteiger partial charge in [0.2, 0.25) is 0 Å². The topological polar surface area (TPSA) is 64.1 Å². The van der Waals surface area contributed by atoms with Crippen molar-refractivity contribution in [3.63, 3.8) is 0 Å². The number of unbranched alkanes of at least 4 members (excludes halogenated alkanes) is 1. The first-order valence-corrected chi connectivity index (χ1v) is 8.96. The molecule has 2 rings (SSSR count). The Morgan fingerprint density at radius 1 is 1.17 bits per heavy atom. The fourth-order valence-electron chi connectivity index (χ4n) is 2.50. The monoisotopic (exact) mass is 335 g/mol. The summed E-state index contributed by atoms with van der Waals surface area (Å²) >= 11 is 1.44. The van der Waals surface area contributed by atoms with Crippen LogP contribution in [0.5, 0.6) is 0 Å². The first-order valence-electron chi connectivity index (χ1n) is 8.14. The molecule has 6 heteroatoms. The van der Waals surface area contributed by atoms with Gasteiger partial charge in [-0.15, -0.1) is 11.3 Å². The lowest BCUT2D eigenvalue weighted by molar-refractivity contribution is 0.0944. The third kappa shape index (κ3) is 4.48. The van der Waals surface area contributed by atoms with Crippen LogP contribution in [-0.4, -0.2) is 35.6 Å². The largest absolute Gasteiger partial charge is 0.381 e. The van der Waals surface area contributed by atoms with E-state index in [-0.39, 0.29) is 5.91 Å². The molecule has 23 heavy (non-hydrogen) atoms. The van der Waals surface area contributed by atoms with Gasteiger partial charge in [-0.2, -0.15) is 0 Å². The van der Waals surface area contributed by atoms with Crippen LogP contribution in [0.1, 0.15) is 52.9 Å². The van der Waals surface area contributed by atoms with E-state index in [0.717, 1.165) is 58.0 Å². The molecule has 0 fully saturated rings. The zero-order chi connectivity index (χ0) is 16.8. The molecule has 2 aromatic heterocycles. The van der Waals surface area contributed by atoms with Gasteiger partial charge in [0, 0.05) is 30.8 Å². The third-order valence-corrected chi connectivity index (χ3v) is 4.87. The minimum Gasteiger partial charge on any atom is -0.381 e. The summed E-state index contributed by atoms with van der Waals surface area (Å²) in [6.45, 7) is 10.1. The summed E-state index contributed by atoms with van der Waals surface area (Å²) < 4.78 is 5.50. The second-order valence-corrected chi connectivity index (χ2v) is 6.67. The number of amides is 1. The minimum atomic E-state index is -0.0314. The molecule has 0 saturated heterocycles. The Labute approximate surface area is 141 Å². The van der Waals surface area contributed by atoms with Crippen molar-refractivity contribution in [1.29, 1.82) is 0 Å². The zero-order valence-electron chi connectivity index (χ0n) is 14.4. The molecule has 5 nitrogen and oxygen atoms in total. The van der Waals surface area contributed by atoms with Crippen LogP contribution >= 0.6 is 11.3 Å². The molecule has 2 aromatic rings. The first kappa shape index (κ1) is 17.8. The molecular formula is C17H25N3O2S. The minimum absolute atomic E-state index is 0.0314. The van der Waals surface area contributed by atoms with E-state index in [1.54, 1.807) is 0 Å². The van der Waals surface area contributed by atoms with Gasteiger partial charge < -0.3 is 10.1 Å². The molecule has 0 saturated carbocycles. The van der Waals surface area contributed by atoms with E-state index in [9.17, 15) is 4.79 Å². The van der Waals surface area contributed by atoms with Crippen molar-refractivity contribution >= 4 is 27.5 Å². The molecule has 0 spiro atoms. The molecule has 0 bridgehead atoms. The van der Waals surface area contributed by atoms with Crippen molar-refractivity contribution in [3.8, 4) is 0 Å². The van der Waals surface area contributed by atoms with Crippen LogP contribution in [0.2, 0.25) is 0 Å². The fourth-order valence-corrected chi connectivity index (χ4v) is 3.69. The Hall–Kier alpha value is -1.53. The molecule has 0 aliphatic carbocycles. The second-order valence-electron chi connectivity index (χ2n) is 5.67. The Morgan fingerprint density at radius 2 is 1.91 bits per heavy atom. The standard InChI is InChI=1S/C17H25N3O2S/c1-5-6-9-22-10-7-8-18-16(21)15-11(2)14-12(3)19-13(4)20-17(14)23-15/h5-10H2,1-4H3,(H,18,21). The highest BCUT2D eigenvalue weighted by molar-refractivity contribution is 7.20. The maximum atomic E-state index is 12.4. The maximum absolute atomic E-state index is 12.4. The lowest BCUT2D eigenvalue weighted by atomic mass is 10.1. The predicted molar refractivity (Wildman–Crippen MR) is 94.3 cm³/mol. The number of carbonyl (C=O) groups is 1. The summed E-state index contributed by atoms with van der Waals surface area (Å²) in [6.07, 6.45) is 3.06. The molecule has 0 unspecified atom stereocenters. The van der Waals surface area contributed by atoms with Crippen LogP contribution in [0.25, 0.3) is 10.2 Å². The quantitative estimate of drug-likeness (QED) is 0.749. The molecular weight excluding hydrogens is 310 g/mol. The number of fused-ring (bicyclic) bond motifs is 1. The van der Waals surface area contributed by atoms with Crippen LogP contribution in [0.4, 0.5) is 0 Å². The summed E-state index contributed by atoms with van der Waals surface area (Å²) in [6, 6.07) is 0. The van der Waals surface area contributed by atoms with E-state index in [2.05, 4.69) is 22.2 Å². The van der Waals surface area contributed by atoms with Crippen molar-refractivity contribution in [2.45, 2.75) is 47.0 Å². The van der Waals surface area contributed by atoms with Crippen LogP contribution in [0, 0.1) is 20.8 Å². The van der Waals surface area contributed by atoms with Gasteiger partial charge in [-0.05, 0) is 39.2 Å². The normalized spacial score (nSPS) is 11.1. The van der Waals surface area contributed by atoms with Gasteiger partial charge in [-0.1, -0.05) is 13.3 Å². The van der Waals surface area contributed by atoms with Crippen molar-refractivity contribution in [2.75, 3.05) is 19.8 Å². The van der Waals surface area contributed by atoms with Gasteiger partial charge in [0.25, 0.3) is 5.91 Å². The SMILES string of the molecule is CCCCOCCCNC(=O)c1sc2nc(C)nc(C)c2c1C. The van der Waals surface area contributed by atoms with Crippen LogP contribution in [0.3, 0.4) is 0 Å². The van der Waals surface area contributed by atoms with Gasteiger partial charge >= 0.3 is 0 Å². The number of aryl methyl sites for hydroxylation is 3. The summed E-state index contributed by atoms with van der Waals surface area (Å²) in [7, 11) is 0. The molecule has 2 heterocycles. The molecule has 0 aliphatic rings. The average Bonchev–Trinajstić information content (AvgIpc) is 2.83. The number of aromatic nitrogens is 2. The van der Waals surface area contributed by atoms with Gasteiger partial charge in [0.1, 0.15) is 10.7 Å². The molecule has 0 radical (unpaired) electrons. The van der Waals surface area contributed by atoms with Crippen molar-refractivity contribution in [1.82, 2.24) is 15.3 Å². The van der Waals surface area contributed by atoms with Gasteiger partial charge in [0.05, 0.1) is 4.88 Å². The number of hydrogen-bond donors (Lipinski definition) is 1. The third-order valence-electron chi connectivity index (χ3n) is 3.68. The highest BCUT2D eigenvalue weighted by atomic mass is 32.1. The second kappa shape index (κ2) is 8.36. The molecule has 1 N–H and O–H groups in total. The molecule has 0 aliphatic heterocycles. The number of thiophene rings is 1. The molecule has 0 aromatic carbocycles. The van der Waals surface area contributed by atoms with E-state index < -0.39 is 0 Å². The Morgan fingerprint density at radius 3 is 2.65 bits per heavy atom. The van der Waals surface area contributed by atoms with Crippen molar-refractivity contribution in [3.05, 3.63) is 22.0 Å². The number of hydrogen-bond acceptors (Lipinski definition) is 5. The predicted octanol–water partition coefficient (Wildman–Crippen LogP) is 3.55. The van der Waals surface area contributed by atoms with Crippen molar-refractivity contribution < 1.29 is 9.53 Å². The number of ether oxygens (including phenoxy) is 1. The lowest BCUT2D eigenvalue weighted by Crippen LogP contribution is -2.25. The fraction of sp³-hybridized carbons (Fsp3) is 0.588. The Kier molecular flexibility index (Phi) is 6.47.